The number of carbonyl (C=O) groups is 1. The lowest BCUT2D eigenvalue weighted by atomic mass is 10.1. The zero-order valence-corrected chi connectivity index (χ0v) is 12.5. The molecule has 1 heterocycles. The van der Waals surface area contributed by atoms with Crippen molar-refractivity contribution in [3.8, 4) is 0 Å². The van der Waals surface area contributed by atoms with Gasteiger partial charge in [0.1, 0.15) is 6.61 Å². The van der Waals surface area contributed by atoms with Gasteiger partial charge in [-0.3, -0.25) is 0 Å². The van der Waals surface area contributed by atoms with E-state index in [1.54, 1.807) is 24.3 Å². The minimum atomic E-state index is -0.395. The van der Waals surface area contributed by atoms with Crippen LogP contribution in [0.1, 0.15) is 22.3 Å². The van der Waals surface area contributed by atoms with Crippen LogP contribution >= 0.6 is 11.6 Å². The molecule has 0 aromatic heterocycles. The first-order valence-corrected chi connectivity index (χ1v) is 7.31. The second-order valence-corrected chi connectivity index (χ2v) is 5.38. The molecule has 1 atom stereocenters. The molecule has 0 amide bonds. The summed E-state index contributed by atoms with van der Waals surface area (Å²) in [5.41, 5.74) is 2.36. The van der Waals surface area contributed by atoms with E-state index in [1.807, 2.05) is 30.3 Å². The van der Waals surface area contributed by atoms with Crippen molar-refractivity contribution in [2.75, 3.05) is 6.61 Å². The Kier molecular flexibility index (Phi) is 4.39. The molecule has 0 radical (unpaired) electrons. The highest BCUT2D eigenvalue weighted by Crippen LogP contribution is 2.17. The van der Waals surface area contributed by atoms with E-state index in [2.05, 4.69) is 5.16 Å². The fraction of sp³-hybridized carbons (Fsp3) is 0.176. The van der Waals surface area contributed by atoms with Crippen LogP contribution in [0.25, 0.3) is 0 Å². The predicted octanol–water partition coefficient (Wildman–Crippen LogP) is 3.69. The number of benzene rings is 2. The molecular formula is C17H14ClNO3. The first-order valence-electron chi connectivity index (χ1n) is 6.93. The maximum atomic E-state index is 11.9. The quantitative estimate of drug-likeness (QED) is 0.808. The van der Waals surface area contributed by atoms with Gasteiger partial charge in [0, 0.05) is 11.4 Å². The van der Waals surface area contributed by atoms with Crippen LogP contribution in [0.15, 0.2) is 59.8 Å². The van der Waals surface area contributed by atoms with Crippen LogP contribution in [-0.2, 0) is 9.57 Å². The second-order valence-electron chi connectivity index (χ2n) is 4.94. The van der Waals surface area contributed by atoms with Gasteiger partial charge in [0.15, 0.2) is 6.10 Å². The van der Waals surface area contributed by atoms with Crippen LogP contribution in [-0.4, -0.2) is 24.4 Å². The van der Waals surface area contributed by atoms with Crippen LogP contribution in [0, 0.1) is 0 Å². The maximum Gasteiger partial charge on any atom is 0.338 e. The Morgan fingerprint density at radius 2 is 1.91 bits per heavy atom. The third-order valence-corrected chi connectivity index (χ3v) is 3.57. The Morgan fingerprint density at radius 1 is 1.18 bits per heavy atom. The van der Waals surface area contributed by atoms with E-state index in [0.717, 1.165) is 11.3 Å². The Bertz CT molecular complexity index is 683. The van der Waals surface area contributed by atoms with E-state index < -0.39 is 5.97 Å². The van der Waals surface area contributed by atoms with Gasteiger partial charge in [-0.05, 0) is 29.8 Å². The molecule has 0 saturated carbocycles. The highest BCUT2D eigenvalue weighted by molar-refractivity contribution is 6.30. The average Bonchev–Trinajstić information content (AvgIpc) is 3.03. The molecule has 0 fully saturated rings. The lowest BCUT2D eigenvalue weighted by molar-refractivity contribution is 0.00686. The van der Waals surface area contributed by atoms with Crippen molar-refractivity contribution in [1.82, 2.24) is 0 Å². The van der Waals surface area contributed by atoms with E-state index in [1.165, 1.54) is 0 Å². The van der Waals surface area contributed by atoms with Crippen LogP contribution in [0.2, 0.25) is 5.02 Å². The summed E-state index contributed by atoms with van der Waals surface area (Å²) in [6, 6.07) is 16.4. The highest BCUT2D eigenvalue weighted by Gasteiger charge is 2.23. The predicted molar refractivity (Wildman–Crippen MR) is 84.2 cm³/mol. The molecule has 112 valence electrons. The van der Waals surface area contributed by atoms with Crippen molar-refractivity contribution in [3.05, 3.63) is 70.7 Å². The fourth-order valence-electron chi connectivity index (χ4n) is 2.16. The Hall–Kier alpha value is -2.33. The Morgan fingerprint density at radius 3 is 2.64 bits per heavy atom. The third-order valence-electron chi connectivity index (χ3n) is 3.32. The van der Waals surface area contributed by atoms with Crippen LogP contribution in [0.4, 0.5) is 0 Å². The number of rotatable bonds is 4. The van der Waals surface area contributed by atoms with Crippen LogP contribution in [0.5, 0.6) is 0 Å². The van der Waals surface area contributed by atoms with Crippen molar-refractivity contribution in [3.63, 3.8) is 0 Å². The summed E-state index contributed by atoms with van der Waals surface area (Å²) in [7, 11) is 0. The number of halogens is 1. The van der Waals surface area contributed by atoms with Gasteiger partial charge >= 0.3 is 5.97 Å². The van der Waals surface area contributed by atoms with Gasteiger partial charge in [-0.2, -0.15) is 0 Å². The third kappa shape index (κ3) is 3.46. The normalized spacial score (nSPS) is 16.8. The summed E-state index contributed by atoms with van der Waals surface area (Å²) in [5, 5.41) is 4.64. The lowest BCUT2D eigenvalue weighted by Gasteiger charge is -2.09. The summed E-state index contributed by atoms with van der Waals surface area (Å²) in [5.74, 6) is -0.395. The Balaban J connectivity index is 1.52. The number of ether oxygens (including phenoxy) is 1. The molecule has 0 spiro atoms. The minimum absolute atomic E-state index is 0.168. The fourth-order valence-corrected chi connectivity index (χ4v) is 2.28. The molecule has 0 bridgehead atoms. The van der Waals surface area contributed by atoms with E-state index >= 15 is 0 Å². The van der Waals surface area contributed by atoms with Crippen molar-refractivity contribution in [2.24, 2.45) is 5.16 Å². The zero-order chi connectivity index (χ0) is 15.4. The second kappa shape index (κ2) is 6.62. The smallest absolute Gasteiger partial charge is 0.338 e. The number of oxime groups is 1. The number of esters is 1. The average molecular weight is 316 g/mol. The first kappa shape index (κ1) is 14.6. The Labute approximate surface area is 133 Å². The molecule has 3 rings (SSSR count). The molecule has 0 N–H and O–H groups in total. The minimum Gasteiger partial charge on any atom is -0.458 e. The number of hydrogen-bond acceptors (Lipinski definition) is 4. The van der Waals surface area contributed by atoms with Gasteiger partial charge in [0.25, 0.3) is 0 Å². The van der Waals surface area contributed by atoms with E-state index in [0.29, 0.717) is 17.0 Å². The molecule has 1 aliphatic rings. The number of nitrogens with zero attached hydrogens (tertiary/aromatic N) is 1. The van der Waals surface area contributed by atoms with Crippen molar-refractivity contribution < 1.29 is 14.4 Å². The molecule has 0 unspecified atom stereocenters. The van der Waals surface area contributed by atoms with E-state index in [-0.39, 0.29) is 12.7 Å². The van der Waals surface area contributed by atoms with Gasteiger partial charge in [-0.15, -0.1) is 0 Å². The van der Waals surface area contributed by atoms with E-state index in [9.17, 15) is 4.79 Å². The van der Waals surface area contributed by atoms with Crippen molar-refractivity contribution in [1.29, 1.82) is 0 Å². The summed E-state index contributed by atoms with van der Waals surface area (Å²) < 4.78 is 5.26. The van der Waals surface area contributed by atoms with Crippen LogP contribution < -0.4 is 0 Å². The van der Waals surface area contributed by atoms with Crippen molar-refractivity contribution >= 4 is 23.3 Å². The van der Waals surface area contributed by atoms with E-state index in [4.69, 9.17) is 21.2 Å². The molecular weight excluding hydrogens is 302 g/mol. The van der Waals surface area contributed by atoms with Crippen LogP contribution in [0.3, 0.4) is 0 Å². The van der Waals surface area contributed by atoms with Gasteiger partial charge < -0.3 is 9.57 Å². The van der Waals surface area contributed by atoms with Gasteiger partial charge in [-0.25, -0.2) is 4.79 Å². The maximum absolute atomic E-state index is 11.9. The molecule has 1 aliphatic heterocycles. The standard InChI is InChI=1S/C17H14ClNO3/c18-14-8-6-13(7-9-14)17(20)21-11-15-10-16(19-22-15)12-4-2-1-3-5-12/h1-9,15H,10-11H2/t15-/m0/s1. The van der Waals surface area contributed by atoms with Gasteiger partial charge in [-0.1, -0.05) is 47.1 Å². The number of hydrogen-bond donors (Lipinski definition) is 0. The monoisotopic (exact) mass is 315 g/mol. The first-order chi connectivity index (χ1) is 10.7. The number of carbonyl (C=O) groups excluding carboxylic acids is 1. The van der Waals surface area contributed by atoms with Gasteiger partial charge in [0.05, 0.1) is 11.3 Å². The molecule has 2 aromatic rings. The van der Waals surface area contributed by atoms with Crippen molar-refractivity contribution in [2.45, 2.75) is 12.5 Å². The molecule has 4 nitrogen and oxygen atoms in total. The topological polar surface area (TPSA) is 47.9 Å². The summed E-state index contributed by atoms with van der Waals surface area (Å²) in [6.07, 6.45) is 0.379. The molecule has 5 heteroatoms. The molecule has 22 heavy (non-hydrogen) atoms. The molecule has 2 aromatic carbocycles. The molecule has 0 saturated heterocycles. The lowest BCUT2D eigenvalue weighted by Crippen LogP contribution is -2.19. The summed E-state index contributed by atoms with van der Waals surface area (Å²) in [6.45, 7) is 0.168. The summed E-state index contributed by atoms with van der Waals surface area (Å²) >= 11 is 5.78. The zero-order valence-electron chi connectivity index (χ0n) is 11.7. The highest BCUT2D eigenvalue weighted by atomic mass is 35.5. The SMILES string of the molecule is O=C(OC[C@@H]1CC(c2ccccc2)=NO1)c1ccc(Cl)cc1. The summed E-state index contributed by atoms with van der Waals surface area (Å²) in [4.78, 5) is 17.2. The molecule has 0 aliphatic carbocycles. The van der Waals surface area contributed by atoms with Gasteiger partial charge in [0.2, 0.25) is 0 Å². The largest absolute Gasteiger partial charge is 0.458 e.